The van der Waals surface area contributed by atoms with Crippen molar-refractivity contribution in [3.05, 3.63) is 42.0 Å². The Morgan fingerprint density at radius 2 is 1.64 bits per heavy atom. The summed E-state index contributed by atoms with van der Waals surface area (Å²) in [5.74, 6) is 1.92. The summed E-state index contributed by atoms with van der Waals surface area (Å²) in [6.07, 6.45) is 0. The largest absolute Gasteiger partial charge is 0.497 e. The van der Waals surface area contributed by atoms with Gasteiger partial charge in [0.2, 0.25) is 0 Å². The Morgan fingerprint density at radius 3 is 2.20 bits per heavy atom. The molecular weight excluding hydrogens is 338 g/mol. The Hall–Kier alpha value is -2.73. The Kier molecular flexibility index (Phi) is 4.81. The summed E-state index contributed by atoms with van der Waals surface area (Å²) in [5.41, 5.74) is 1.55. The molecular formula is C19H19NO4S. The van der Waals surface area contributed by atoms with Crippen molar-refractivity contribution < 1.29 is 19.0 Å². The number of hydrogen-bond donors (Lipinski definition) is 1. The van der Waals surface area contributed by atoms with Crippen LogP contribution in [0.2, 0.25) is 0 Å². The van der Waals surface area contributed by atoms with Crippen molar-refractivity contribution in [1.82, 2.24) is 5.32 Å². The number of carbonyl (C=O) groups is 1. The number of hydrogen-bond acceptors (Lipinski definition) is 5. The molecule has 0 radical (unpaired) electrons. The third-order valence-electron chi connectivity index (χ3n) is 3.99. The van der Waals surface area contributed by atoms with Crippen LogP contribution in [0.5, 0.6) is 17.2 Å². The van der Waals surface area contributed by atoms with E-state index in [9.17, 15) is 4.79 Å². The third-order valence-corrected chi connectivity index (χ3v) is 5.18. The number of fused-ring (bicyclic) bond motifs is 1. The number of amides is 1. The minimum Gasteiger partial charge on any atom is -0.497 e. The van der Waals surface area contributed by atoms with Crippen molar-refractivity contribution >= 4 is 27.3 Å². The van der Waals surface area contributed by atoms with Gasteiger partial charge >= 0.3 is 0 Å². The van der Waals surface area contributed by atoms with E-state index in [4.69, 9.17) is 14.2 Å². The molecule has 5 nitrogen and oxygen atoms in total. The predicted octanol–water partition coefficient (Wildman–Crippen LogP) is 3.95. The lowest BCUT2D eigenvalue weighted by molar-refractivity contribution is 0.0965. The van der Waals surface area contributed by atoms with E-state index in [1.54, 1.807) is 34.4 Å². The van der Waals surface area contributed by atoms with Gasteiger partial charge in [-0.05, 0) is 35.9 Å². The van der Waals surface area contributed by atoms with E-state index in [-0.39, 0.29) is 5.91 Å². The second-order valence-corrected chi connectivity index (χ2v) is 6.37. The second-order valence-electron chi connectivity index (χ2n) is 5.32. The molecule has 2 aromatic carbocycles. The highest BCUT2D eigenvalue weighted by Gasteiger charge is 2.23. The molecule has 0 unspecified atom stereocenters. The highest BCUT2D eigenvalue weighted by atomic mass is 32.1. The molecule has 0 aliphatic carbocycles. The first-order chi connectivity index (χ1) is 12.1. The van der Waals surface area contributed by atoms with Crippen molar-refractivity contribution in [2.45, 2.75) is 0 Å². The van der Waals surface area contributed by atoms with Gasteiger partial charge in [0.1, 0.15) is 17.2 Å². The Balaban J connectivity index is 2.31. The zero-order valence-electron chi connectivity index (χ0n) is 14.5. The van der Waals surface area contributed by atoms with Crippen molar-refractivity contribution in [2.24, 2.45) is 0 Å². The van der Waals surface area contributed by atoms with Crippen LogP contribution in [0.1, 0.15) is 10.4 Å². The second kappa shape index (κ2) is 7.03. The van der Waals surface area contributed by atoms with Crippen LogP contribution < -0.4 is 19.5 Å². The summed E-state index contributed by atoms with van der Waals surface area (Å²) in [5, 5.41) is 3.52. The lowest BCUT2D eigenvalue weighted by atomic mass is 10.0. The molecule has 3 rings (SSSR count). The quantitative estimate of drug-likeness (QED) is 0.751. The van der Waals surface area contributed by atoms with Crippen LogP contribution >= 0.6 is 11.3 Å². The first-order valence-corrected chi connectivity index (χ1v) is 8.49. The van der Waals surface area contributed by atoms with Gasteiger partial charge < -0.3 is 19.5 Å². The number of benzene rings is 2. The molecule has 0 atom stereocenters. The van der Waals surface area contributed by atoms with Gasteiger partial charge in [-0.3, -0.25) is 4.79 Å². The first kappa shape index (κ1) is 17.1. The molecule has 0 aliphatic rings. The SMILES string of the molecule is CNC(=O)c1c(-c2ccc(OC)cc2)sc2cc(OC)cc(OC)c12. The van der Waals surface area contributed by atoms with Gasteiger partial charge in [-0.1, -0.05) is 0 Å². The summed E-state index contributed by atoms with van der Waals surface area (Å²) in [6, 6.07) is 11.4. The fraction of sp³-hybridized carbons (Fsp3) is 0.211. The lowest BCUT2D eigenvalue weighted by Gasteiger charge is -2.08. The van der Waals surface area contributed by atoms with Gasteiger partial charge in [0, 0.05) is 28.1 Å². The molecule has 3 aromatic rings. The molecule has 0 saturated heterocycles. The average Bonchev–Trinajstić information content (AvgIpc) is 3.05. The zero-order chi connectivity index (χ0) is 18.0. The maximum absolute atomic E-state index is 12.6. The highest BCUT2D eigenvalue weighted by molar-refractivity contribution is 7.22. The smallest absolute Gasteiger partial charge is 0.253 e. The maximum atomic E-state index is 12.6. The number of thiophene rings is 1. The molecule has 6 heteroatoms. The molecule has 1 amide bonds. The van der Waals surface area contributed by atoms with Crippen LogP contribution in [0.15, 0.2) is 36.4 Å². The minimum absolute atomic E-state index is 0.152. The van der Waals surface area contributed by atoms with E-state index in [0.29, 0.717) is 17.1 Å². The highest BCUT2D eigenvalue weighted by Crippen LogP contribution is 2.44. The molecule has 0 spiro atoms. The average molecular weight is 357 g/mol. The molecule has 0 fully saturated rings. The topological polar surface area (TPSA) is 56.8 Å². The fourth-order valence-corrected chi connectivity index (χ4v) is 3.98. The number of carbonyl (C=O) groups excluding carboxylic acids is 1. The van der Waals surface area contributed by atoms with Crippen LogP contribution in [-0.2, 0) is 0 Å². The Morgan fingerprint density at radius 1 is 0.960 bits per heavy atom. The van der Waals surface area contributed by atoms with Crippen LogP contribution in [0.3, 0.4) is 0 Å². The van der Waals surface area contributed by atoms with Crippen LogP contribution in [0.4, 0.5) is 0 Å². The zero-order valence-corrected chi connectivity index (χ0v) is 15.3. The third kappa shape index (κ3) is 3.00. The molecule has 25 heavy (non-hydrogen) atoms. The fourth-order valence-electron chi connectivity index (χ4n) is 2.73. The molecule has 130 valence electrons. The number of rotatable bonds is 5. The summed E-state index contributed by atoms with van der Waals surface area (Å²) >= 11 is 1.53. The monoisotopic (exact) mass is 357 g/mol. The lowest BCUT2D eigenvalue weighted by Crippen LogP contribution is -2.18. The number of methoxy groups -OCH3 is 3. The predicted molar refractivity (Wildman–Crippen MR) is 100 cm³/mol. The number of nitrogens with one attached hydrogen (secondary N) is 1. The van der Waals surface area contributed by atoms with Gasteiger partial charge in [-0.2, -0.15) is 0 Å². The van der Waals surface area contributed by atoms with Gasteiger partial charge in [0.25, 0.3) is 5.91 Å². The summed E-state index contributed by atoms with van der Waals surface area (Å²) in [6.45, 7) is 0. The molecule has 1 heterocycles. The number of ether oxygens (including phenoxy) is 3. The Labute approximate surface area is 150 Å². The van der Waals surface area contributed by atoms with E-state index >= 15 is 0 Å². The van der Waals surface area contributed by atoms with Crippen LogP contribution in [0, 0.1) is 0 Å². The Bertz CT molecular complexity index is 915. The van der Waals surface area contributed by atoms with E-state index in [1.165, 1.54) is 11.3 Å². The molecule has 1 N–H and O–H groups in total. The van der Waals surface area contributed by atoms with Crippen molar-refractivity contribution in [3.63, 3.8) is 0 Å². The van der Waals surface area contributed by atoms with Crippen molar-refractivity contribution in [2.75, 3.05) is 28.4 Å². The van der Waals surface area contributed by atoms with Crippen molar-refractivity contribution in [3.8, 4) is 27.7 Å². The van der Waals surface area contributed by atoms with E-state index < -0.39 is 0 Å². The van der Waals surface area contributed by atoms with Gasteiger partial charge in [-0.15, -0.1) is 11.3 Å². The van der Waals surface area contributed by atoms with Gasteiger partial charge in [-0.25, -0.2) is 0 Å². The van der Waals surface area contributed by atoms with Crippen molar-refractivity contribution in [1.29, 1.82) is 0 Å². The van der Waals surface area contributed by atoms with Gasteiger partial charge in [0.15, 0.2) is 0 Å². The van der Waals surface area contributed by atoms with Crippen LogP contribution in [-0.4, -0.2) is 34.3 Å². The molecule has 0 saturated carbocycles. The summed E-state index contributed by atoms with van der Waals surface area (Å²) in [7, 11) is 6.45. The molecule has 0 aliphatic heterocycles. The van der Waals surface area contributed by atoms with E-state index in [2.05, 4.69) is 5.32 Å². The minimum atomic E-state index is -0.152. The molecule has 0 bridgehead atoms. The normalized spacial score (nSPS) is 10.6. The van der Waals surface area contributed by atoms with Crippen LogP contribution in [0.25, 0.3) is 20.5 Å². The van der Waals surface area contributed by atoms with E-state index in [1.807, 2.05) is 30.3 Å². The van der Waals surface area contributed by atoms with Gasteiger partial charge in [0.05, 0.1) is 26.9 Å². The first-order valence-electron chi connectivity index (χ1n) is 7.68. The standard InChI is InChI=1S/C19H19NO4S/c1-20-19(21)17-16-14(24-4)9-13(23-3)10-15(16)25-18(17)11-5-7-12(22-2)8-6-11/h5-10H,1-4H3,(H,20,21). The summed E-state index contributed by atoms with van der Waals surface area (Å²) < 4.78 is 17.0. The molecule has 1 aromatic heterocycles. The maximum Gasteiger partial charge on any atom is 0.253 e. The summed E-state index contributed by atoms with van der Waals surface area (Å²) in [4.78, 5) is 13.5. The van der Waals surface area contributed by atoms with E-state index in [0.717, 1.165) is 26.3 Å².